The molecule has 108 valence electrons. The molecule has 0 saturated carbocycles. The van der Waals surface area contributed by atoms with Gasteiger partial charge in [0.25, 0.3) is 5.91 Å². The number of carbonyl (C=O) groups is 1. The van der Waals surface area contributed by atoms with Crippen LogP contribution in [0, 0.1) is 11.8 Å². The SMILES string of the molecule is CC(C)CC(C)NC(=O)c1coc(C(N)C(C)C)n1. The quantitative estimate of drug-likeness (QED) is 0.829. The average Bonchev–Trinajstić information content (AvgIpc) is 2.75. The summed E-state index contributed by atoms with van der Waals surface area (Å²) >= 11 is 0. The molecule has 0 fully saturated rings. The van der Waals surface area contributed by atoms with E-state index >= 15 is 0 Å². The third-order valence-corrected chi connectivity index (χ3v) is 2.96. The molecule has 0 aliphatic rings. The maximum Gasteiger partial charge on any atom is 0.273 e. The van der Waals surface area contributed by atoms with E-state index < -0.39 is 0 Å². The van der Waals surface area contributed by atoms with Crippen molar-refractivity contribution < 1.29 is 9.21 Å². The molecule has 0 saturated heterocycles. The molecule has 2 atom stereocenters. The number of aromatic nitrogens is 1. The fourth-order valence-electron chi connectivity index (χ4n) is 1.89. The molecule has 1 heterocycles. The minimum atomic E-state index is -0.283. The van der Waals surface area contributed by atoms with Gasteiger partial charge in [-0.05, 0) is 25.2 Å². The van der Waals surface area contributed by atoms with Crippen LogP contribution in [-0.2, 0) is 0 Å². The molecule has 5 heteroatoms. The first kappa shape index (κ1) is 15.7. The second-order valence-corrected chi connectivity index (χ2v) is 5.84. The number of nitrogens with one attached hydrogen (secondary N) is 1. The lowest BCUT2D eigenvalue weighted by atomic mass is 10.1. The Morgan fingerprint density at radius 1 is 1.37 bits per heavy atom. The molecular formula is C14H25N3O2. The predicted molar refractivity (Wildman–Crippen MR) is 74.7 cm³/mol. The van der Waals surface area contributed by atoms with E-state index in [4.69, 9.17) is 10.2 Å². The summed E-state index contributed by atoms with van der Waals surface area (Å²) in [5, 5.41) is 2.91. The Kier molecular flexibility index (Phi) is 5.54. The zero-order valence-electron chi connectivity index (χ0n) is 12.4. The van der Waals surface area contributed by atoms with Gasteiger partial charge in [0, 0.05) is 6.04 Å². The second-order valence-electron chi connectivity index (χ2n) is 5.84. The highest BCUT2D eigenvalue weighted by Gasteiger charge is 2.20. The topological polar surface area (TPSA) is 81.2 Å². The standard InChI is InChI=1S/C14H25N3O2/c1-8(2)6-10(5)16-13(18)11-7-19-14(17-11)12(15)9(3)4/h7-10,12H,6,15H2,1-5H3,(H,16,18). The van der Waals surface area contributed by atoms with Crippen molar-refractivity contribution in [3.05, 3.63) is 17.8 Å². The molecular weight excluding hydrogens is 242 g/mol. The number of nitrogens with zero attached hydrogens (tertiary/aromatic N) is 1. The van der Waals surface area contributed by atoms with E-state index in [0.29, 0.717) is 17.5 Å². The fraction of sp³-hybridized carbons (Fsp3) is 0.714. The van der Waals surface area contributed by atoms with Crippen molar-refractivity contribution >= 4 is 5.91 Å². The summed E-state index contributed by atoms with van der Waals surface area (Å²) in [6.07, 6.45) is 2.30. The van der Waals surface area contributed by atoms with Crippen LogP contribution in [0.3, 0.4) is 0 Å². The van der Waals surface area contributed by atoms with E-state index in [-0.39, 0.29) is 23.9 Å². The monoisotopic (exact) mass is 267 g/mol. The number of hydrogen-bond donors (Lipinski definition) is 2. The second kappa shape index (κ2) is 6.70. The number of amides is 1. The summed E-state index contributed by atoms with van der Waals surface area (Å²) in [6.45, 7) is 10.2. The Morgan fingerprint density at radius 2 is 2.00 bits per heavy atom. The summed E-state index contributed by atoms with van der Waals surface area (Å²) in [7, 11) is 0. The van der Waals surface area contributed by atoms with Crippen LogP contribution in [0.1, 0.15) is 63.5 Å². The van der Waals surface area contributed by atoms with Gasteiger partial charge in [0.05, 0.1) is 6.04 Å². The lowest BCUT2D eigenvalue weighted by Crippen LogP contribution is -2.33. The molecule has 1 rings (SSSR count). The number of hydrogen-bond acceptors (Lipinski definition) is 4. The zero-order chi connectivity index (χ0) is 14.6. The highest BCUT2D eigenvalue weighted by atomic mass is 16.3. The van der Waals surface area contributed by atoms with Crippen molar-refractivity contribution in [1.82, 2.24) is 10.3 Å². The maximum absolute atomic E-state index is 12.0. The molecule has 0 aliphatic carbocycles. The Morgan fingerprint density at radius 3 is 2.53 bits per heavy atom. The molecule has 5 nitrogen and oxygen atoms in total. The number of oxazole rings is 1. The average molecular weight is 267 g/mol. The predicted octanol–water partition coefficient (Wildman–Crippen LogP) is 2.49. The molecule has 0 radical (unpaired) electrons. The highest BCUT2D eigenvalue weighted by molar-refractivity contribution is 5.92. The van der Waals surface area contributed by atoms with E-state index in [1.807, 2.05) is 20.8 Å². The van der Waals surface area contributed by atoms with Crippen molar-refractivity contribution in [2.45, 2.75) is 53.1 Å². The molecule has 1 aromatic rings. The molecule has 1 amide bonds. The van der Waals surface area contributed by atoms with Crippen molar-refractivity contribution in [2.24, 2.45) is 17.6 Å². The third kappa shape index (κ3) is 4.67. The Labute approximate surface area is 115 Å². The van der Waals surface area contributed by atoms with Gasteiger partial charge in [-0.15, -0.1) is 0 Å². The summed E-state index contributed by atoms with van der Waals surface area (Å²) in [4.78, 5) is 16.1. The highest BCUT2D eigenvalue weighted by Crippen LogP contribution is 2.18. The fourth-order valence-corrected chi connectivity index (χ4v) is 1.89. The van der Waals surface area contributed by atoms with Crippen LogP contribution in [0.4, 0.5) is 0 Å². The van der Waals surface area contributed by atoms with Crippen LogP contribution in [0.5, 0.6) is 0 Å². The van der Waals surface area contributed by atoms with Crippen LogP contribution >= 0.6 is 0 Å². The zero-order valence-corrected chi connectivity index (χ0v) is 12.4. The molecule has 3 N–H and O–H groups in total. The van der Waals surface area contributed by atoms with Crippen LogP contribution in [0.25, 0.3) is 0 Å². The minimum Gasteiger partial charge on any atom is -0.446 e. The van der Waals surface area contributed by atoms with E-state index in [0.717, 1.165) is 6.42 Å². The van der Waals surface area contributed by atoms with Crippen molar-refractivity contribution in [3.8, 4) is 0 Å². The lowest BCUT2D eigenvalue weighted by molar-refractivity contribution is 0.0931. The summed E-state index contributed by atoms with van der Waals surface area (Å²) in [5.41, 5.74) is 6.22. The minimum absolute atomic E-state index is 0.117. The molecule has 1 aromatic heterocycles. The van der Waals surface area contributed by atoms with Crippen LogP contribution < -0.4 is 11.1 Å². The van der Waals surface area contributed by atoms with Gasteiger partial charge in [-0.25, -0.2) is 4.98 Å². The van der Waals surface area contributed by atoms with Gasteiger partial charge in [-0.1, -0.05) is 27.7 Å². The van der Waals surface area contributed by atoms with Gasteiger partial charge in [-0.2, -0.15) is 0 Å². The van der Waals surface area contributed by atoms with Gasteiger partial charge in [0.1, 0.15) is 6.26 Å². The van der Waals surface area contributed by atoms with E-state index in [1.54, 1.807) is 0 Å². The van der Waals surface area contributed by atoms with Gasteiger partial charge in [-0.3, -0.25) is 4.79 Å². The smallest absolute Gasteiger partial charge is 0.273 e. The normalized spacial score (nSPS) is 14.7. The first-order valence-electron chi connectivity index (χ1n) is 6.83. The van der Waals surface area contributed by atoms with E-state index in [2.05, 4.69) is 24.1 Å². The number of rotatable bonds is 6. The Balaban J connectivity index is 2.63. The van der Waals surface area contributed by atoms with Gasteiger partial charge >= 0.3 is 0 Å². The molecule has 0 aliphatic heterocycles. The van der Waals surface area contributed by atoms with Gasteiger partial charge < -0.3 is 15.5 Å². The van der Waals surface area contributed by atoms with Crippen molar-refractivity contribution in [2.75, 3.05) is 0 Å². The molecule has 2 unspecified atom stereocenters. The van der Waals surface area contributed by atoms with Crippen LogP contribution in [-0.4, -0.2) is 16.9 Å². The van der Waals surface area contributed by atoms with Gasteiger partial charge in [0.15, 0.2) is 5.69 Å². The van der Waals surface area contributed by atoms with Gasteiger partial charge in [0.2, 0.25) is 5.89 Å². The summed E-state index contributed by atoms with van der Waals surface area (Å²) in [5.74, 6) is 0.961. The molecule has 19 heavy (non-hydrogen) atoms. The first-order chi connectivity index (χ1) is 8.81. The van der Waals surface area contributed by atoms with Crippen LogP contribution in [0.15, 0.2) is 10.7 Å². The molecule has 0 aromatic carbocycles. The van der Waals surface area contributed by atoms with Crippen LogP contribution in [0.2, 0.25) is 0 Å². The molecule has 0 bridgehead atoms. The maximum atomic E-state index is 12.0. The van der Waals surface area contributed by atoms with E-state index in [1.165, 1.54) is 6.26 Å². The molecule has 0 spiro atoms. The van der Waals surface area contributed by atoms with Crippen molar-refractivity contribution in [1.29, 1.82) is 0 Å². The largest absolute Gasteiger partial charge is 0.446 e. The first-order valence-corrected chi connectivity index (χ1v) is 6.83. The Bertz CT molecular complexity index is 413. The van der Waals surface area contributed by atoms with E-state index in [9.17, 15) is 4.79 Å². The van der Waals surface area contributed by atoms with Crippen molar-refractivity contribution in [3.63, 3.8) is 0 Å². The third-order valence-electron chi connectivity index (χ3n) is 2.96. The number of nitrogens with two attached hydrogens (primary N) is 1. The Hall–Kier alpha value is -1.36. The summed E-state index contributed by atoms with van der Waals surface area (Å²) < 4.78 is 5.27. The number of carbonyl (C=O) groups excluding carboxylic acids is 1. The lowest BCUT2D eigenvalue weighted by Gasteiger charge is -2.14. The summed E-state index contributed by atoms with van der Waals surface area (Å²) in [6, 6.07) is -0.166.